The van der Waals surface area contributed by atoms with Gasteiger partial charge in [-0.15, -0.1) is 0 Å². The van der Waals surface area contributed by atoms with Crippen molar-refractivity contribution in [2.45, 2.75) is 61.5 Å². The molecule has 3 heterocycles. The molecule has 3 saturated heterocycles. The third kappa shape index (κ3) is 5.07. The van der Waals surface area contributed by atoms with Gasteiger partial charge in [0.2, 0.25) is 21.8 Å². The number of amides is 2. The van der Waals surface area contributed by atoms with Crippen molar-refractivity contribution < 1.29 is 22.7 Å². The van der Waals surface area contributed by atoms with Crippen LogP contribution in [0.2, 0.25) is 0 Å². The lowest BCUT2D eigenvalue weighted by molar-refractivity contribution is -0.133. The van der Waals surface area contributed by atoms with Crippen LogP contribution in [0.5, 0.6) is 5.75 Å². The Kier molecular flexibility index (Phi) is 7.02. The molecule has 2 N–H and O–H groups in total. The second-order valence-electron chi connectivity index (χ2n) is 8.82. The molecule has 3 aliphatic rings. The fraction of sp³-hybridized carbons (Fsp3) is 0.636. The van der Waals surface area contributed by atoms with Gasteiger partial charge < -0.3 is 15.0 Å². The minimum absolute atomic E-state index is 0.0296. The molecule has 10 heteroatoms. The maximum absolute atomic E-state index is 12.8. The highest BCUT2D eigenvalue weighted by atomic mass is 32.2. The third-order valence-electron chi connectivity index (χ3n) is 6.71. The van der Waals surface area contributed by atoms with Crippen LogP contribution in [-0.4, -0.2) is 81.4 Å². The van der Waals surface area contributed by atoms with E-state index >= 15 is 0 Å². The van der Waals surface area contributed by atoms with Gasteiger partial charge in [-0.3, -0.25) is 14.5 Å². The van der Waals surface area contributed by atoms with Crippen LogP contribution in [-0.2, 0) is 19.6 Å². The molecule has 9 nitrogen and oxygen atoms in total. The van der Waals surface area contributed by atoms with Crippen LogP contribution in [0.1, 0.15) is 38.5 Å². The Morgan fingerprint density at radius 2 is 1.91 bits per heavy atom. The van der Waals surface area contributed by atoms with E-state index in [2.05, 4.69) is 14.9 Å². The number of piperazine rings is 1. The first-order valence-electron chi connectivity index (χ1n) is 11.3. The van der Waals surface area contributed by atoms with Gasteiger partial charge in [0.25, 0.3) is 0 Å². The molecule has 1 aromatic rings. The van der Waals surface area contributed by atoms with Gasteiger partial charge >= 0.3 is 0 Å². The molecule has 1 aromatic carbocycles. The van der Waals surface area contributed by atoms with Gasteiger partial charge in [-0.25, -0.2) is 13.1 Å². The van der Waals surface area contributed by atoms with E-state index in [4.69, 9.17) is 4.74 Å². The number of fused-ring (bicyclic) bond motifs is 1. The van der Waals surface area contributed by atoms with Crippen molar-refractivity contribution in [3.05, 3.63) is 24.3 Å². The fourth-order valence-electron chi connectivity index (χ4n) is 4.96. The molecule has 0 radical (unpaired) electrons. The van der Waals surface area contributed by atoms with Crippen molar-refractivity contribution >= 4 is 21.8 Å². The molecule has 176 valence electrons. The van der Waals surface area contributed by atoms with E-state index < -0.39 is 10.0 Å². The lowest BCUT2D eigenvalue weighted by atomic mass is 10.0. The SMILES string of the molecule is COc1ccc(S(=O)(=O)N[C@H]2C[C@H]3C(=O)NC[C@@H](CCC(=O)N4CCCCC4)N3C2)cc1. The van der Waals surface area contributed by atoms with E-state index in [-0.39, 0.29) is 34.8 Å². The summed E-state index contributed by atoms with van der Waals surface area (Å²) < 4.78 is 33.5. The van der Waals surface area contributed by atoms with Crippen LogP contribution in [0.15, 0.2) is 29.2 Å². The Bertz CT molecular complexity index is 930. The lowest BCUT2D eigenvalue weighted by Crippen LogP contribution is -2.58. The molecule has 0 saturated carbocycles. The van der Waals surface area contributed by atoms with E-state index in [9.17, 15) is 18.0 Å². The van der Waals surface area contributed by atoms with Crippen molar-refractivity contribution in [2.24, 2.45) is 0 Å². The summed E-state index contributed by atoms with van der Waals surface area (Å²) in [5.74, 6) is 0.685. The molecular formula is C22H32N4O5S. The Balaban J connectivity index is 1.37. The first-order valence-corrected chi connectivity index (χ1v) is 12.8. The van der Waals surface area contributed by atoms with Crippen LogP contribution in [0, 0.1) is 0 Å². The Labute approximate surface area is 189 Å². The van der Waals surface area contributed by atoms with Crippen molar-refractivity contribution in [3.63, 3.8) is 0 Å². The smallest absolute Gasteiger partial charge is 0.240 e. The second kappa shape index (κ2) is 9.76. The third-order valence-corrected chi connectivity index (χ3v) is 8.25. The second-order valence-corrected chi connectivity index (χ2v) is 10.5. The summed E-state index contributed by atoms with van der Waals surface area (Å²) in [5, 5.41) is 2.94. The summed E-state index contributed by atoms with van der Waals surface area (Å²) in [5.41, 5.74) is 0. The normalized spacial score (nSPS) is 26.5. The summed E-state index contributed by atoms with van der Waals surface area (Å²) >= 11 is 0. The van der Waals surface area contributed by atoms with Crippen molar-refractivity contribution in [1.82, 2.24) is 19.8 Å². The zero-order valence-electron chi connectivity index (χ0n) is 18.5. The summed E-state index contributed by atoms with van der Waals surface area (Å²) in [7, 11) is -2.19. The molecular weight excluding hydrogens is 432 g/mol. The summed E-state index contributed by atoms with van der Waals surface area (Å²) in [4.78, 5) is 29.2. The zero-order valence-corrected chi connectivity index (χ0v) is 19.3. The number of nitrogens with one attached hydrogen (secondary N) is 2. The summed E-state index contributed by atoms with van der Waals surface area (Å²) in [6.45, 7) is 2.61. The van der Waals surface area contributed by atoms with Crippen molar-refractivity contribution in [2.75, 3.05) is 33.3 Å². The number of methoxy groups -OCH3 is 1. The Hall–Kier alpha value is -2.17. The number of hydrogen-bond donors (Lipinski definition) is 2. The number of benzene rings is 1. The minimum Gasteiger partial charge on any atom is -0.497 e. The highest BCUT2D eigenvalue weighted by molar-refractivity contribution is 7.89. The number of likely N-dealkylation sites (tertiary alicyclic amines) is 1. The minimum atomic E-state index is -3.71. The molecule has 0 aromatic heterocycles. The molecule has 4 rings (SSSR count). The molecule has 2 amide bonds. The van der Waals surface area contributed by atoms with Gasteiger partial charge in [-0.05, 0) is 56.4 Å². The molecule has 3 atom stereocenters. The number of carbonyl (C=O) groups excluding carboxylic acids is 2. The number of ether oxygens (including phenoxy) is 1. The maximum Gasteiger partial charge on any atom is 0.240 e. The van der Waals surface area contributed by atoms with Crippen LogP contribution in [0.25, 0.3) is 0 Å². The van der Waals surface area contributed by atoms with Crippen molar-refractivity contribution in [1.29, 1.82) is 0 Å². The predicted octanol–water partition coefficient (Wildman–Crippen LogP) is 0.708. The van der Waals surface area contributed by atoms with E-state index in [1.807, 2.05) is 4.90 Å². The number of piperidine rings is 1. The van der Waals surface area contributed by atoms with Crippen molar-refractivity contribution in [3.8, 4) is 5.75 Å². The summed E-state index contributed by atoms with van der Waals surface area (Å²) in [6.07, 6.45) is 4.83. The molecule has 3 fully saturated rings. The van der Waals surface area contributed by atoms with E-state index in [0.29, 0.717) is 38.1 Å². The summed E-state index contributed by atoms with van der Waals surface area (Å²) in [6, 6.07) is 5.52. The first-order chi connectivity index (χ1) is 15.4. The largest absolute Gasteiger partial charge is 0.497 e. The zero-order chi connectivity index (χ0) is 22.7. The highest BCUT2D eigenvalue weighted by Gasteiger charge is 2.44. The van der Waals surface area contributed by atoms with E-state index in [1.165, 1.54) is 25.7 Å². The quantitative estimate of drug-likeness (QED) is 0.615. The lowest BCUT2D eigenvalue weighted by Gasteiger charge is -2.37. The van der Waals surface area contributed by atoms with Crippen LogP contribution in [0.4, 0.5) is 0 Å². The predicted molar refractivity (Wildman–Crippen MR) is 119 cm³/mol. The fourth-order valence-corrected chi connectivity index (χ4v) is 6.20. The molecule has 3 aliphatic heterocycles. The van der Waals surface area contributed by atoms with E-state index in [1.54, 1.807) is 12.1 Å². The number of carbonyl (C=O) groups is 2. The average molecular weight is 465 g/mol. The molecule has 0 spiro atoms. The number of rotatable bonds is 7. The van der Waals surface area contributed by atoms with Gasteiger partial charge in [-0.2, -0.15) is 0 Å². The molecule has 0 aliphatic carbocycles. The van der Waals surface area contributed by atoms with Gasteiger partial charge in [0.1, 0.15) is 5.75 Å². The topological polar surface area (TPSA) is 108 Å². The first kappa shape index (κ1) is 23.0. The van der Waals surface area contributed by atoms with Crippen LogP contribution >= 0.6 is 0 Å². The molecule has 0 unspecified atom stereocenters. The molecule has 0 bridgehead atoms. The van der Waals surface area contributed by atoms with Gasteiger partial charge in [0.15, 0.2) is 0 Å². The highest BCUT2D eigenvalue weighted by Crippen LogP contribution is 2.27. The number of nitrogens with zero attached hydrogens (tertiary/aromatic N) is 2. The molecule has 32 heavy (non-hydrogen) atoms. The van der Waals surface area contributed by atoms with Gasteiger partial charge in [0.05, 0.1) is 18.0 Å². The number of sulfonamides is 1. The Morgan fingerprint density at radius 1 is 1.19 bits per heavy atom. The maximum atomic E-state index is 12.8. The van der Waals surface area contributed by atoms with Crippen LogP contribution in [0.3, 0.4) is 0 Å². The monoisotopic (exact) mass is 464 g/mol. The van der Waals surface area contributed by atoms with Crippen LogP contribution < -0.4 is 14.8 Å². The van der Waals surface area contributed by atoms with E-state index in [0.717, 1.165) is 25.9 Å². The Morgan fingerprint density at radius 3 is 2.59 bits per heavy atom. The standard InChI is InChI=1S/C22H32N4O5S/c1-31-18-6-8-19(9-7-18)32(29,30)24-16-13-20-22(28)23-14-17(26(20)15-16)5-10-21(27)25-11-3-2-4-12-25/h6-9,16-17,20,24H,2-5,10-15H2,1H3,(H,23,28)/t16-,17+,20-/m0/s1. The average Bonchev–Trinajstić information content (AvgIpc) is 3.23. The van der Waals surface area contributed by atoms with Gasteiger partial charge in [-0.1, -0.05) is 0 Å². The number of hydrogen-bond acceptors (Lipinski definition) is 6. The van der Waals surface area contributed by atoms with Gasteiger partial charge in [0, 0.05) is 44.7 Å².